The number of allylic oxidation sites excluding steroid dienone is 1. The fourth-order valence-electron chi connectivity index (χ4n) is 4.11. The Morgan fingerprint density at radius 2 is 1.94 bits per heavy atom. The minimum Gasteiger partial charge on any atom is -0.466 e. The highest BCUT2D eigenvalue weighted by atomic mass is 32.2. The lowest BCUT2D eigenvalue weighted by Gasteiger charge is -2.40. The molecule has 0 aromatic heterocycles. The smallest absolute Gasteiger partial charge is 0.338 e. The van der Waals surface area contributed by atoms with Gasteiger partial charge in [0.2, 0.25) is 0 Å². The van der Waals surface area contributed by atoms with E-state index in [2.05, 4.69) is 15.5 Å². The lowest BCUT2D eigenvalue weighted by Crippen LogP contribution is -2.42. The van der Waals surface area contributed by atoms with Crippen LogP contribution < -0.4 is 10.6 Å². The zero-order valence-electron chi connectivity index (χ0n) is 19.5. The molecule has 7 nitrogen and oxygen atoms in total. The van der Waals surface area contributed by atoms with E-state index in [0.29, 0.717) is 23.4 Å². The van der Waals surface area contributed by atoms with Crippen LogP contribution in [-0.2, 0) is 9.53 Å². The number of rotatable bonds is 6. The monoisotopic (exact) mass is 496 g/mol. The number of anilines is 2. The van der Waals surface area contributed by atoms with Crippen LogP contribution in [0.2, 0.25) is 0 Å². The molecule has 1 atom stereocenters. The maximum atomic E-state index is 12.8. The molecule has 2 aliphatic rings. The van der Waals surface area contributed by atoms with Gasteiger partial charge in [-0.15, -0.1) is 11.8 Å². The molecule has 0 bridgehead atoms. The van der Waals surface area contributed by atoms with Gasteiger partial charge < -0.3 is 20.3 Å². The Morgan fingerprint density at radius 3 is 2.65 bits per heavy atom. The Kier molecular flexibility index (Phi) is 7.84. The SMILES string of the molecule is CCC1=C(C(=O)OC)C(c2cccc(NC(=O)Nc3ccc(SC)cc3)c2)N2CCCSC2=N1. The molecule has 0 aliphatic carbocycles. The number of amidine groups is 1. The Bertz CT molecular complexity index is 1130. The summed E-state index contributed by atoms with van der Waals surface area (Å²) in [5, 5.41) is 6.71. The molecule has 1 fully saturated rings. The molecule has 9 heteroatoms. The van der Waals surface area contributed by atoms with E-state index in [-0.39, 0.29) is 18.0 Å². The highest BCUT2D eigenvalue weighted by Crippen LogP contribution is 2.41. The molecule has 2 heterocycles. The highest BCUT2D eigenvalue weighted by Gasteiger charge is 2.38. The van der Waals surface area contributed by atoms with Gasteiger partial charge in [-0.2, -0.15) is 0 Å². The maximum Gasteiger partial charge on any atom is 0.338 e. The third-order valence-electron chi connectivity index (χ3n) is 5.70. The number of carbonyl (C=O) groups excluding carboxylic acids is 2. The normalized spacial score (nSPS) is 17.6. The van der Waals surface area contributed by atoms with Crippen molar-refractivity contribution in [2.75, 3.05) is 36.3 Å². The minimum absolute atomic E-state index is 0.313. The molecule has 0 radical (unpaired) electrons. The van der Waals surface area contributed by atoms with Gasteiger partial charge in [0.15, 0.2) is 5.17 Å². The predicted octanol–water partition coefficient (Wildman–Crippen LogP) is 5.74. The quantitative estimate of drug-likeness (QED) is 0.392. The van der Waals surface area contributed by atoms with E-state index in [4.69, 9.17) is 9.73 Å². The van der Waals surface area contributed by atoms with Gasteiger partial charge in [-0.25, -0.2) is 14.6 Å². The maximum absolute atomic E-state index is 12.8. The number of nitrogens with zero attached hydrogens (tertiary/aromatic N) is 2. The summed E-state index contributed by atoms with van der Waals surface area (Å²) in [6.07, 6.45) is 3.65. The molecule has 34 heavy (non-hydrogen) atoms. The van der Waals surface area contributed by atoms with Crippen LogP contribution in [0.5, 0.6) is 0 Å². The van der Waals surface area contributed by atoms with E-state index in [1.807, 2.05) is 61.7 Å². The Balaban J connectivity index is 1.60. The standard InChI is InChI=1S/C25H28N4O3S2/c1-4-20-21(23(30)32-2)22(29-13-6-14-34-25(29)28-20)16-7-5-8-18(15-16)27-24(31)26-17-9-11-19(33-3)12-10-17/h5,7-12,15,22H,4,6,13-14H2,1-3H3,(H2,26,27,31). The van der Waals surface area contributed by atoms with Gasteiger partial charge in [0.1, 0.15) is 0 Å². The molecule has 2 N–H and O–H groups in total. The first-order chi connectivity index (χ1) is 16.5. The number of fused-ring (bicyclic) bond motifs is 1. The van der Waals surface area contributed by atoms with Crippen molar-refractivity contribution in [3.8, 4) is 0 Å². The molecule has 4 rings (SSSR count). The lowest BCUT2D eigenvalue weighted by atomic mass is 9.93. The number of hydrogen-bond donors (Lipinski definition) is 2. The summed E-state index contributed by atoms with van der Waals surface area (Å²) in [5.74, 6) is 0.636. The van der Waals surface area contributed by atoms with Crippen molar-refractivity contribution in [2.45, 2.75) is 30.7 Å². The Morgan fingerprint density at radius 1 is 1.18 bits per heavy atom. The number of amides is 2. The summed E-state index contributed by atoms with van der Waals surface area (Å²) in [6.45, 7) is 2.80. The van der Waals surface area contributed by atoms with Gasteiger partial charge in [0, 0.05) is 28.6 Å². The van der Waals surface area contributed by atoms with Crippen molar-refractivity contribution in [2.24, 2.45) is 4.99 Å². The molecule has 178 valence electrons. The first kappa shape index (κ1) is 24.2. The van der Waals surface area contributed by atoms with Gasteiger partial charge in [-0.05, 0) is 61.1 Å². The van der Waals surface area contributed by atoms with Gasteiger partial charge >= 0.3 is 12.0 Å². The number of esters is 1. The zero-order chi connectivity index (χ0) is 24.1. The van der Waals surface area contributed by atoms with Crippen LogP contribution in [-0.4, -0.2) is 47.7 Å². The third-order valence-corrected chi connectivity index (χ3v) is 7.52. The lowest BCUT2D eigenvalue weighted by molar-refractivity contribution is -0.136. The van der Waals surface area contributed by atoms with Crippen LogP contribution >= 0.6 is 23.5 Å². The number of ether oxygens (including phenoxy) is 1. The molecule has 2 aromatic carbocycles. The summed E-state index contributed by atoms with van der Waals surface area (Å²) < 4.78 is 5.15. The molecule has 2 amide bonds. The molecule has 2 aromatic rings. The van der Waals surface area contributed by atoms with Gasteiger partial charge in [0.05, 0.1) is 24.4 Å². The van der Waals surface area contributed by atoms with Gasteiger partial charge in [-0.1, -0.05) is 30.8 Å². The average molecular weight is 497 g/mol. The van der Waals surface area contributed by atoms with Crippen LogP contribution in [0.25, 0.3) is 0 Å². The first-order valence-corrected chi connectivity index (χ1v) is 13.4. The van der Waals surface area contributed by atoms with E-state index in [0.717, 1.165) is 40.0 Å². The number of methoxy groups -OCH3 is 1. The van der Waals surface area contributed by atoms with E-state index >= 15 is 0 Å². The van der Waals surface area contributed by atoms with E-state index in [1.54, 1.807) is 23.5 Å². The molecule has 0 spiro atoms. The van der Waals surface area contributed by atoms with E-state index in [1.165, 1.54) is 7.11 Å². The van der Waals surface area contributed by atoms with Crippen LogP contribution in [0.3, 0.4) is 0 Å². The number of aliphatic imine (C=N–C) groups is 1. The zero-order valence-corrected chi connectivity index (χ0v) is 21.1. The van der Waals surface area contributed by atoms with Crippen molar-refractivity contribution < 1.29 is 14.3 Å². The summed E-state index contributed by atoms with van der Waals surface area (Å²) in [5.41, 5.74) is 3.58. The fraction of sp³-hybridized carbons (Fsp3) is 0.320. The summed E-state index contributed by atoms with van der Waals surface area (Å²) in [4.78, 5) is 33.6. The summed E-state index contributed by atoms with van der Waals surface area (Å²) in [6, 6.07) is 14.7. The van der Waals surface area contributed by atoms with Crippen molar-refractivity contribution in [1.29, 1.82) is 0 Å². The van der Waals surface area contributed by atoms with Crippen LogP contribution in [0.15, 0.2) is 69.7 Å². The molecule has 1 saturated heterocycles. The number of thioether (sulfide) groups is 2. The Labute approximate surface area is 208 Å². The second-order valence-electron chi connectivity index (χ2n) is 7.83. The number of hydrogen-bond acceptors (Lipinski definition) is 7. The van der Waals surface area contributed by atoms with Gasteiger partial charge in [0.25, 0.3) is 0 Å². The van der Waals surface area contributed by atoms with Crippen LogP contribution in [0.1, 0.15) is 31.4 Å². The predicted molar refractivity (Wildman–Crippen MR) is 141 cm³/mol. The second-order valence-corrected chi connectivity index (χ2v) is 9.77. The molecule has 2 aliphatic heterocycles. The van der Waals surface area contributed by atoms with E-state index < -0.39 is 0 Å². The Hall–Kier alpha value is -2.91. The molecular formula is C25H28N4O3S2. The van der Waals surface area contributed by atoms with Crippen LogP contribution in [0.4, 0.5) is 16.2 Å². The van der Waals surface area contributed by atoms with Crippen molar-refractivity contribution in [3.05, 3.63) is 65.4 Å². The largest absolute Gasteiger partial charge is 0.466 e. The fourth-order valence-corrected chi connectivity index (χ4v) is 5.51. The summed E-state index contributed by atoms with van der Waals surface area (Å²) in [7, 11) is 1.40. The average Bonchev–Trinajstić information content (AvgIpc) is 2.87. The molecular weight excluding hydrogens is 468 g/mol. The van der Waals surface area contributed by atoms with Crippen molar-refractivity contribution in [3.63, 3.8) is 0 Å². The molecule has 0 saturated carbocycles. The minimum atomic E-state index is -0.370. The highest BCUT2D eigenvalue weighted by molar-refractivity contribution is 8.13. The molecule has 1 unspecified atom stereocenters. The third kappa shape index (κ3) is 5.26. The van der Waals surface area contributed by atoms with Gasteiger partial charge in [-0.3, -0.25) is 0 Å². The second kappa shape index (κ2) is 11.0. The number of urea groups is 1. The van der Waals surface area contributed by atoms with Crippen molar-refractivity contribution in [1.82, 2.24) is 4.90 Å². The number of nitrogens with one attached hydrogen (secondary N) is 2. The summed E-state index contributed by atoms with van der Waals surface area (Å²) >= 11 is 3.36. The number of benzene rings is 2. The van der Waals surface area contributed by atoms with Crippen LogP contribution in [0, 0.1) is 0 Å². The topological polar surface area (TPSA) is 83.0 Å². The van der Waals surface area contributed by atoms with Crippen molar-refractivity contribution >= 4 is 52.1 Å². The number of carbonyl (C=O) groups is 2. The first-order valence-electron chi connectivity index (χ1n) is 11.2. The van der Waals surface area contributed by atoms with E-state index in [9.17, 15) is 9.59 Å².